The molecule has 2 fully saturated rings. The van der Waals surface area contributed by atoms with Crippen molar-refractivity contribution in [3.05, 3.63) is 0 Å². The Morgan fingerprint density at radius 1 is 0.947 bits per heavy atom. The van der Waals surface area contributed by atoms with E-state index in [1.54, 1.807) is 6.92 Å². The van der Waals surface area contributed by atoms with Crippen LogP contribution < -0.4 is 0 Å². The minimum Gasteiger partial charge on any atom is -0.465 e. The van der Waals surface area contributed by atoms with Gasteiger partial charge in [0.15, 0.2) is 0 Å². The van der Waals surface area contributed by atoms with Crippen molar-refractivity contribution >= 4 is 18.3 Å². The molecule has 1 atom stereocenters. The zero-order valence-corrected chi connectivity index (χ0v) is 10.3. The Labute approximate surface area is 108 Å². The van der Waals surface area contributed by atoms with E-state index in [4.69, 9.17) is 10.2 Å². The van der Waals surface area contributed by atoms with Gasteiger partial charge >= 0.3 is 18.3 Å². The van der Waals surface area contributed by atoms with E-state index in [1.807, 2.05) is 0 Å². The number of carbonyl (C=O) groups is 3. The van der Waals surface area contributed by atoms with Gasteiger partial charge in [0.25, 0.3) is 0 Å². The van der Waals surface area contributed by atoms with Crippen molar-refractivity contribution in [2.24, 2.45) is 0 Å². The van der Waals surface area contributed by atoms with Crippen molar-refractivity contribution in [3.8, 4) is 0 Å². The molecule has 0 aromatic rings. The lowest BCUT2D eigenvalue weighted by Crippen LogP contribution is -2.80. The van der Waals surface area contributed by atoms with E-state index in [9.17, 15) is 19.5 Å². The molecule has 0 radical (unpaired) electrons. The standard InChI is InChI=1S/C10H15N3O6/c1-6-2-11(7(14)15)3-10(13(6)9(18)19)4-12(5-10)8(16)17/h6H,2-5H2,1H3,(H,14,15)(H,16,17)(H,18,19)/t6-/m1/s1. The molecule has 3 amide bonds. The Morgan fingerprint density at radius 3 is 1.84 bits per heavy atom. The minimum atomic E-state index is -1.15. The van der Waals surface area contributed by atoms with Gasteiger partial charge in [0.05, 0.1) is 31.2 Å². The molecule has 19 heavy (non-hydrogen) atoms. The second-order valence-electron chi connectivity index (χ2n) is 5.03. The number of piperazine rings is 1. The van der Waals surface area contributed by atoms with Crippen LogP contribution in [0.15, 0.2) is 0 Å². The molecule has 0 aliphatic carbocycles. The van der Waals surface area contributed by atoms with Crippen LogP contribution in [0.3, 0.4) is 0 Å². The number of nitrogens with zero attached hydrogens (tertiary/aromatic N) is 3. The van der Waals surface area contributed by atoms with E-state index in [2.05, 4.69) is 0 Å². The Bertz CT molecular complexity index is 433. The fraction of sp³-hybridized carbons (Fsp3) is 0.700. The number of carboxylic acid groups (broad SMARTS) is 3. The molecule has 0 saturated carbocycles. The van der Waals surface area contributed by atoms with Crippen LogP contribution in [0.2, 0.25) is 0 Å². The van der Waals surface area contributed by atoms with E-state index in [0.29, 0.717) is 0 Å². The van der Waals surface area contributed by atoms with Gasteiger partial charge < -0.3 is 25.1 Å². The van der Waals surface area contributed by atoms with Crippen molar-refractivity contribution in [1.82, 2.24) is 14.7 Å². The predicted octanol–water partition coefficient (Wildman–Crippen LogP) is 0.0809. The summed E-state index contributed by atoms with van der Waals surface area (Å²) in [6.45, 7) is 1.72. The van der Waals surface area contributed by atoms with Gasteiger partial charge in [-0.1, -0.05) is 0 Å². The van der Waals surface area contributed by atoms with Crippen LogP contribution in [0.4, 0.5) is 14.4 Å². The van der Waals surface area contributed by atoms with E-state index < -0.39 is 29.9 Å². The van der Waals surface area contributed by atoms with Crippen molar-refractivity contribution in [1.29, 1.82) is 0 Å². The van der Waals surface area contributed by atoms with Gasteiger partial charge in [-0.3, -0.25) is 4.90 Å². The summed E-state index contributed by atoms with van der Waals surface area (Å²) in [4.78, 5) is 36.6. The average molecular weight is 273 g/mol. The molecule has 2 aliphatic rings. The Hall–Kier alpha value is -2.19. The van der Waals surface area contributed by atoms with Crippen LogP contribution in [0, 0.1) is 0 Å². The first-order valence-electron chi connectivity index (χ1n) is 5.75. The highest BCUT2D eigenvalue weighted by molar-refractivity contribution is 5.72. The molecular weight excluding hydrogens is 258 g/mol. The van der Waals surface area contributed by atoms with E-state index in [0.717, 1.165) is 9.80 Å². The number of amides is 3. The van der Waals surface area contributed by atoms with Gasteiger partial charge in [-0.25, -0.2) is 14.4 Å². The molecule has 2 heterocycles. The van der Waals surface area contributed by atoms with Crippen molar-refractivity contribution in [3.63, 3.8) is 0 Å². The summed E-state index contributed by atoms with van der Waals surface area (Å²) in [5.74, 6) is 0. The highest BCUT2D eigenvalue weighted by Crippen LogP contribution is 2.34. The summed E-state index contributed by atoms with van der Waals surface area (Å²) in [7, 11) is 0. The second kappa shape index (κ2) is 4.18. The SMILES string of the molecule is C[C@@H]1CN(C(=O)O)CC2(CN(C(=O)O)C2)N1C(=O)O. The molecule has 0 bridgehead atoms. The number of rotatable bonds is 0. The van der Waals surface area contributed by atoms with Crippen LogP contribution in [-0.4, -0.2) is 86.1 Å². The lowest BCUT2D eigenvalue weighted by molar-refractivity contribution is -0.0900. The Morgan fingerprint density at radius 2 is 1.42 bits per heavy atom. The van der Waals surface area contributed by atoms with Crippen LogP contribution >= 0.6 is 0 Å². The van der Waals surface area contributed by atoms with Gasteiger partial charge in [0.1, 0.15) is 0 Å². The zero-order chi connectivity index (χ0) is 14.4. The van der Waals surface area contributed by atoms with Crippen LogP contribution in [-0.2, 0) is 0 Å². The van der Waals surface area contributed by atoms with Gasteiger partial charge in [-0.15, -0.1) is 0 Å². The molecular formula is C10H15N3O6. The molecule has 0 aromatic heterocycles. The number of hydrogen-bond donors (Lipinski definition) is 3. The van der Waals surface area contributed by atoms with Crippen molar-refractivity contribution in [2.45, 2.75) is 18.5 Å². The van der Waals surface area contributed by atoms with Gasteiger partial charge in [-0.2, -0.15) is 0 Å². The molecule has 2 aliphatic heterocycles. The summed E-state index contributed by atoms with van der Waals surface area (Å²) in [6, 6.07) is -0.502. The zero-order valence-electron chi connectivity index (χ0n) is 10.3. The smallest absolute Gasteiger partial charge is 0.408 e. The number of hydrogen-bond acceptors (Lipinski definition) is 3. The van der Waals surface area contributed by atoms with E-state index in [1.165, 1.54) is 4.90 Å². The van der Waals surface area contributed by atoms with Gasteiger partial charge in [-0.05, 0) is 6.92 Å². The maximum atomic E-state index is 11.3. The summed E-state index contributed by atoms with van der Waals surface area (Å²) < 4.78 is 0. The van der Waals surface area contributed by atoms with Crippen LogP contribution in [0.5, 0.6) is 0 Å². The normalized spacial score (nSPS) is 25.1. The van der Waals surface area contributed by atoms with E-state index >= 15 is 0 Å². The minimum absolute atomic E-state index is 0.00273. The Balaban J connectivity index is 2.23. The summed E-state index contributed by atoms with van der Waals surface area (Å²) in [5, 5.41) is 27.1. The Kier molecular flexibility index (Phi) is 2.91. The third-order valence-electron chi connectivity index (χ3n) is 3.64. The van der Waals surface area contributed by atoms with Crippen LogP contribution in [0.25, 0.3) is 0 Å². The van der Waals surface area contributed by atoms with Crippen molar-refractivity contribution < 1.29 is 29.7 Å². The summed E-state index contributed by atoms with van der Waals surface area (Å²) >= 11 is 0. The maximum Gasteiger partial charge on any atom is 0.408 e. The quantitative estimate of drug-likeness (QED) is 0.574. The number of likely N-dealkylation sites (tertiary alicyclic amines) is 1. The molecule has 0 aromatic carbocycles. The van der Waals surface area contributed by atoms with Crippen molar-refractivity contribution in [2.75, 3.05) is 26.2 Å². The molecule has 2 saturated heterocycles. The molecule has 2 rings (SSSR count). The predicted molar refractivity (Wildman–Crippen MR) is 61.3 cm³/mol. The lowest BCUT2D eigenvalue weighted by Gasteiger charge is -2.59. The molecule has 9 nitrogen and oxygen atoms in total. The molecule has 0 unspecified atom stereocenters. The van der Waals surface area contributed by atoms with E-state index in [-0.39, 0.29) is 26.2 Å². The average Bonchev–Trinajstić information content (AvgIpc) is 2.23. The first-order valence-corrected chi connectivity index (χ1v) is 5.75. The first-order chi connectivity index (χ1) is 8.77. The molecule has 3 N–H and O–H groups in total. The van der Waals surface area contributed by atoms with Gasteiger partial charge in [0.2, 0.25) is 0 Å². The second-order valence-corrected chi connectivity index (χ2v) is 5.03. The monoisotopic (exact) mass is 273 g/mol. The van der Waals surface area contributed by atoms with Crippen LogP contribution in [0.1, 0.15) is 6.92 Å². The molecule has 9 heteroatoms. The van der Waals surface area contributed by atoms with Gasteiger partial charge in [0, 0.05) is 6.54 Å². The fourth-order valence-corrected chi connectivity index (χ4v) is 2.95. The molecule has 106 valence electrons. The fourth-order valence-electron chi connectivity index (χ4n) is 2.95. The lowest BCUT2D eigenvalue weighted by atomic mass is 9.84. The third-order valence-corrected chi connectivity index (χ3v) is 3.64. The highest BCUT2D eigenvalue weighted by atomic mass is 16.4. The maximum absolute atomic E-state index is 11.3. The largest absolute Gasteiger partial charge is 0.465 e. The highest BCUT2D eigenvalue weighted by Gasteiger charge is 2.57. The third kappa shape index (κ3) is 2.00. The summed E-state index contributed by atoms with van der Waals surface area (Å²) in [6.07, 6.45) is -3.40. The topological polar surface area (TPSA) is 122 Å². The first kappa shape index (κ1) is 13.2. The molecule has 1 spiro atoms. The summed E-state index contributed by atoms with van der Waals surface area (Å²) in [5.41, 5.74) is -0.958.